The summed E-state index contributed by atoms with van der Waals surface area (Å²) in [7, 11) is 1.99. The molecule has 0 atom stereocenters. The van der Waals surface area contributed by atoms with Gasteiger partial charge in [-0.2, -0.15) is 5.10 Å². The lowest BCUT2D eigenvalue weighted by molar-refractivity contribution is 0.673. The first-order valence-electron chi connectivity index (χ1n) is 5.77. The number of aromatic nitrogens is 3. The summed E-state index contributed by atoms with van der Waals surface area (Å²) in [5.41, 5.74) is 3.56. The summed E-state index contributed by atoms with van der Waals surface area (Å²) in [4.78, 5) is 0. The van der Waals surface area contributed by atoms with E-state index in [1.54, 1.807) is 0 Å². The van der Waals surface area contributed by atoms with E-state index in [0.717, 1.165) is 12.2 Å². The summed E-state index contributed by atoms with van der Waals surface area (Å²) in [6, 6.07) is 12.7. The number of benzene rings is 1. The van der Waals surface area contributed by atoms with Crippen LogP contribution in [0.1, 0.15) is 11.4 Å². The largest absolute Gasteiger partial charge is 0.341 e. The van der Waals surface area contributed by atoms with Crippen molar-refractivity contribution in [3.63, 3.8) is 0 Å². The van der Waals surface area contributed by atoms with Gasteiger partial charge in [0.2, 0.25) is 0 Å². The van der Waals surface area contributed by atoms with Crippen LogP contribution in [0.2, 0.25) is 0 Å². The van der Waals surface area contributed by atoms with Crippen LogP contribution in [0.4, 0.5) is 0 Å². The quantitative estimate of drug-likeness (QED) is 0.657. The monoisotopic (exact) mass is 225 g/mol. The molecule has 3 nitrogen and oxygen atoms in total. The van der Waals surface area contributed by atoms with E-state index in [1.807, 2.05) is 18.7 Å². The number of hydrogen-bond acceptors (Lipinski definition) is 1. The van der Waals surface area contributed by atoms with E-state index in [4.69, 9.17) is 0 Å². The molecule has 3 rings (SSSR count). The molecule has 2 heterocycles. The molecule has 0 spiro atoms. The Bertz CT molecular complexity index is 661. The molecule has 0 N–H and O–H groups in total. The minimum absolute atomic E-state index is 0.866. The summed E-state index contributed by atoms with van der Waals surface area (Å²) in [6.07, 6.45) is 2.13. The van der Waals surface area contributed by atoms with E-state index in [0.29, 0.717) is 0 Å². The lowest BCUT2D eigenvalue weighted by Gasteiger charge is -2.05. The standard InChI is InChI=1S/C14H15N3/c1-11-9-13(16(2)15-11)10-17-8-7-12-5-3-4-6-14(12)17/h3-9H,10H2,1-2H3. The third-order valence-corrected chi connectivity index (χ3v) is 3.11. The van der Waals surface area contributed by atoms with Crippen LogP contribution in [-0.4, -0.2) is 14.3 Å². The Labute approximate surface area is 100 Å². The topological polar surface area (TPSA) is 22.8 Å². The smallest absolute Gasteiger partial charge is 0.0645 e. The highest BCUT2D eigenvalue weighted by Crippen LogP contribution is 2.16. The van der Waals surface area contributed by atoms with Crippen molar-refractivity contribution in [3.8, 4) is 0 Å². The molecular weight excluding hydrogens is 210 g/mol. The van der Waals surface area contributed by atoms with E-state index in [-0.39, 0.29) is 0 Å². The van der Waals surface area contributed by atoms with Crippen molar-refractivity contribution in [2.45, 2.75) is 13.5 Å². The number of nitrogens with zero attached hydrogens (tertiary/aromatic N) is 3. The molecule has 0 radical (unpaired) electrons. The van der Waals surface area contributed by atoms with Gasteiger partial charge >= 0.3 is 0 Å². The second-order valence-electron chi connectivity index (χ2n) is 4.40. The summed E-state index contributed by atoms with van der Waals surface area (Å²) >= 11 is 0. The summed E-state index contributed by atoms with van der Waals surface area (Å²) in [6.45, 7) is 2.89. The highest BCUT2D eigenvalue weighted by Gasteiger charge is 2.05. The zero-order valence-corrected chi connectivity index (χ0v) is 10.1. The molecule has 2 aromatic heterocycles. The second-order valence-corrected chi connectivity index (χ2v) is 4.40. The predicted octanol–water partition coefficient (Wildman–Crippen LogP) is 2.73. The lowest BCUT2D eigenvalue weighted by Crippen LogP contribution is -2.04. The van der Waals surface area contributed by atoms with Gasteiger partial charge in [-0.1, -0.05) is 18.2 Å². The van der Waals surface area contributed by atoms with Gasteiger partial charge in [0, 0.05) is 18.8 Å². The van der Waals surface area contributed by atoms with Crippen molar-refractivity contribution in [2.24, 2.45) is 7.05 Å². The maximum Gasteiger partial charge on any atom is 0.0645 e. The third kappa shape index (κ3) is 1.73. The first kappa shape index (κ1) is 10.1. The fourth-order valence-electron chi connectivity index (χ4n) is 2.27. The number of aryl methyl sites for hydroxylation is 2. The summed E-state index contributed by atoms with van der Waals surface area (Å²) < 4.78 is 4.20. The minimum Gasteiger partial charge on any atom is -0.341 e. The predicted molar refractivity (Wildman–Crippen MR) is 69.0 cm³/mol. The van der Waals surface area contributed by atoms with Crippen LogP contribution in [0.5, 0.6) is 0 Å². The molecule has 0 fully saturated rings. The van der Waals surface area contributed by atoms with Gasteiger partial charge in [-0.15, -0.1) is 0 Å². The molecule has 0 saturated carbocycles. The van der Waals surface area contributed by atoms with Crippen molar-refractivity contribution in [2.75, 3.05) is 0 Å². The Hall–Kier alpha value is -2.03. The number of rotatable bonds is 2. The van der Waals surface area contributed by atoms with Gasteiger partial charge < -0.3 is 4.57 Å². The first-order chi connectivity index (χ1) is 8.24. The van der Waals surface area contributed by atoms with Crippen LogP contribution in [0.3, 0.4) is 0 Å². The fraction of sp³-hybridized carbons (Fsp3) is 0.214. The zero-order valence-electron chi connectivity index (χ0n) is 10.1. The Kier molecular flexibility index (Phi) is 2.25. The van der Waals surface area contributed by atoms with Gasteiger partial charge in [0.15, 0.2) is 0 Å². The van der Waals surface area contributed by atoms with Gasteiger partial charge in [0.25, 0.3) is 0 Å². The Morgan fingerprint density at radius 3 is 2.76 bits per heavy atom. The molecule has 0 amide bonds. The van der Waals surface area contributed by atoms with Crippen LogP contribution in [0.25, 0.3) is 10.9 Å². The highest BCUT2D eigenvalue weighted by molar-refractivity contribution is 5.79. The second kappa shape index (κ2) is 3.77. The highest BCUT2D eigenvalue weighted by atomic mass is 15.3. The molecule has 0 bridgehead atoms. The molecule has 3 heteroatoms. The molecule has 17 heavy (non-hydrogen) atoms. The van der Waals surface area contributed by atoms with Crippen LogP contribution < -0.4 is 0 Å². The lowest BCUT2D eigenvalue weighted by atomic mass is 10.2. The number of para-hydroxylation sites is 1. The maximum atomic E-state index is 4.38. The van der Waals surface area contributed by atoms with Gasteiger partial charge in [-0.05, 0) is 30.5 Å². The Morgan fingerprint density at radius 2 is 2.00 bits per heavy atom. The Morgan fingerprint density at radius 1 is 1.18 bits per heavy atom. The van der Waals surface area contributed by atoms with E-state index < -0.39 is 0 Å². The van der Waals surface area contributed by atoms with Crippen LogP contribution >= 0.6 is 0 Å². The fourth-order valence-corrected chi connectivity index (χ4v) is 2.27. The van der Waals surface area contributed by atoms with Gasteiger partial charge in [-0.25, -0.2) is 0 Å². The zero-order chi connectivity index (χ0) is 11.8. The summed E-state index contributed by atoms with van der Waals surface area (Å²) in [5, 5.41) is 5.66. The molecule has 3 aromatic rings. The molecule has 0 unspecified atom stereocenters. The van der Waals surface area contributed by atoms with Gasteiger partial charge in [0.05, 0.1) is 17.9 Å². The van der Waals surface area contributed by atoms with Gasteiger partial charge in [0.1, 0.15) is 0 Å². The van der Waals surface area contributed by atoms with Gasteiger partial charge in [-0.3, -0.25) is 4.68 Å². The van der Waals surface area contributed by atoms with E-state index >= 15 is 0 Å². The first-order valence-corrected chi connectivity index (χ1v) is 5.77. The molecule has 0 aliphatic carbocycles. The molecule has 0 aliphatic heterocycles. The number of fused-ring (bicyclic) bond motifs is 1. The summed E-state index contributed by atoms with van der Waals surface area (Å²) in [5.74, 6) is 0. The van der Waals surface area contributed by atoms with E-state index in [2.05, 4.69) is 52.3 Å². The molecular formula is C14H15N3. The third-order valence-electron chi connectivity index (χ3n) is 3.11. The minimum atomic E-state index is 0.866. The molecule has 0 aliphatic rings. The van der Waals surface area contributed by atoms with Crippen LogP contribution in [-0.2, 0) is 13.6 Å². The molecule has 86 valence electrons. The number of hydrogen-bond donors (Lipinski definition) is 0. The Balaban J connectivity index is 2.03. The maximum absolute atomic E-state index is 4.38. The molecule has 1 aromatic carbocycles. The SMILES string of the molecule is Cc1cc(Cn2ccc3ccccc32)n(C)n1. The van der Waals surface area contributed by atoms with Crippen molar-refractivity contribution in [1.82, 2.24) is 14.3 Å². The average Bonchev–Trinajstić information content (AvgIpc) is 2.85. The van der Waals surface area contributed by atoms with Crippen LogP contribution in [0, 0.1) is 6.92 Å². The van der Waals surface area contributed by atoms with Crippen LogP contribution in [0.15, 0.2) is 42.6 Å². The van der Waals surface area contributed by atoms with Crippen molar-refractivity contribution in [1.29, 1.82) is 0 Å². The average molecular weight is 225 g/mol. The van der Waals surface area contributed by atoms with E-state index in [9.17, 15) is 0 Å². The molecule has 0 saturated heterocycles. The van der Waals surface area contributed by atoms with Crippen molar-refractivity contribution < 1.29 is 0 Å². The normalized spacial score (nSPS) is 11.2. The van der Waals surface area contributed by atoms with E-state index in [1.165, 1.54) is 16.6 Å². The van der Waals surface area contributed by atoms with Crippen molar-refractivity contribution >= 4 is 10.9 Å². The van der Waals surface area contributed by atoms with Crippen molar-refractivity contribution in [3.05, 3.63) is 54.0 Å².